The van der Waals surface area contributed by atoms with Crippen LogP contribution in [0.4, 0.5) is 10.8 Å². The van der Waals surface area contributed by atoms with E-state index < -0.39 is 0 Å². The van der Waals surface area contributed by atoms with Gasteiger partial charge in [0.25, 0.3) is 5.91 Å². The third kappa shape index (κ3) is 2.36. The number of aryl methyl sites for hydroxylation is 2. The molecule has 1 aromatic heterocycles. The van der Waals surface area contributed by atoms with Crippen LogP contribution >= 0.6 is 11.3 Å². The van der Waals surface area contributed by atoms with E-state index in [2.05, 4.69) is 10.3 Å². The van der Waals surface area contributed by atoms with E-state index in [-0.39, 0.29) is 5.91 Å². The zero-order valence-electron chi connectivity index (χ0n) is 10.6. The van der Waals surface area contributed by atoms with Crippen LogP contribution < -0.4 is 11.1 Å². The highest BCUT2D eigenvalue weighted by molar-refractivity contribution is 7.17. The molecule has 0 fully saturated rings. The van der Waals surface area contributed by atoms with Crippen LogP contribution in [0.1, 0.15) is 26.5 Å². The first-order valence-corrected chi connectivity index (χ1v) is 6.41. The summed E-state index contributed by atoms with van der Waals surface area (Å²) in [5.41, 5.74) is 9.30. The number of rotatable bonds is 2. The van der Waals surface area contributed by atoms with Gasteiger partial charge >= 0.3 is 0 Å². The van der Waals surface area contributed by atoms with Crippen LogP contribution in [0.2, 0.25) is 0 Å². The second kappa shape index (κ2) is 4.78. The third-order valence-corrected chi connectivity index (χ3v) is 3.86. The number of nitrogen functional groups attached to an aromatic ring is 1. The number of carbonyl (C=O) groups is 1. The van der Waals surface area contributed by atoms with Gasteiger partial charge in [-0.1, -0.05) is 23.5 Å². The fraction of sp³-hybridized carbons (Fsp3) is 0.231. The molecule has 2 rings (SSSR count). The van der Waals surface area contributed by atoms with E-state index in [4.69, 9.17) is 5.73 Å². The van der Waals surface area contributed by atoms with Crippen molar-refractivity contribution in [2.45, 2.75) is 20.8 Å². The van der Waals surface area contributed by atoms with Crippen LogP contribution in [0, 0.1) is 20.8 Å². The minimum absolute atomic E-state index is 0.157. The minimum atomic E-state index is -0.157. The van der Waals surface area contributed by atoms with Crippen LogP contribution in [0.5, 0.6) is 0 Å². The zero-order chi connectivity index (χ0) is 13.3. The van der Waals surface area contributed by atoms with Crippen molar-refractivity contribution in [3.05, 3.63) is 39.9 Å². The summed E-state index contributed by atoms with van der Waals surface area (Å²) in [6.07, 6.45) is 0. The molecule has 0 spiro atoms. The maximum Gasteiger partial charge on any atom is 0.267 e. The Balaban J connectivity index is 2.27. The fourth-order valence-electron chi connectivity index (χ4n) is 1.69. The maximum atomic E-state index is 12.1. The summed E-state index contributed by atoms with van der Waals surface area (Å²) in [5, 5.41) is 3.31. The Hall–Kier alpha value is -1.88. The number of nitrogens with one attached hydrogen (secondary N) is 1. The van der Waals surface area contributed by atoms with E-state index in [1.165, 1.54) is 11.3 Å². The molecule has 94 valence electrons. The molecule has 0 saturated heterocycles. The van der Waals surface area contributed by atoms with E-state index in [1.807, 2.05) is 32.0 Å². The van der Waals surface area contributed by atoms with Crippen LogP contribution in [-0.2, 0) is 0 Å². The Kier molecular flexibility index (Phi) is 3.34. The molecule has 18 heavy (non-hydrogen) atoms. The Morgan fingerprint density at radius 1 is 1.33 bits per heavy atom. The Morgan fingerprint density at radius 2 is 2.06 bits per heavy atom. The molecule has 0 atom stereocenters. The topological polar surface area (TPSA) is 68.0 Å². The molecule has 4 nitrogen and oxygen atoms in total. The highest BCUT2D eigenvalue weighted by Crippen LogP contribution is 2.23. The summed E-state index contributed by atoms with van der Waals surface area (Å²) < 4.78 is 0. The van der Waals surface area contributed by atoms with Crippen LogP contribution in [0.15, 0.2) is 18.2 Å². The molecule has 0 radical (unpaired) electrons. The van der Waals surface area contributed by atoms with E-state index in [0.29, 0.717) is 15.7 Å². The lowest BCUT2D eigenvalue weighted by molar-refractivity contribution is 0.102. The number of carbonyl (C=O) groups excluding carboxylic acids is 1. The SMILES string of the molecule is Cc1cccc(NC(=O)c2sc(N)nc2C)c1C. The van der Waals surface area contributed by atoms with Gasteiger partial charge in [0.1, 0.15) is 4.88 Å². The lowest BCUT2D eigenvalue weighted by atomic mass is 10.1. The summed E-state index contributed by atoms with van der Waals surface area (Å²) in [7, 11) is 0. The average molecular weight is 261 g/mol. The van der Waals surface area contributed by atoms with E-state index >= 15 is 0 Å². The van der Waals surface area contributed by atoms with Gasteiger partial charge in [0.05, 0.1) is 5.69 Å². The van der Waals surface area contributed by atoms with Gasteiger partial charge in [-0.05, 0) is 38.0 Å². The molecule has 1 heterocycles. The standard InChI is InChI=1S/C13H15N3OS/c1-7-5-4-6-10(8(7)2)16-12(17)11-9(3)15-13(14)18-11/h4-6H,1-3H3,(H2,14,15)(H,16,17). The van der Waals surface area contributed by atoms with E-state index in [1.54, 1.807) is 6.92 Å². The first kappa shape index (κ1) is 12.6. The molecule has 0 aliphatic heterocycles. The van der Waals surface area contributed by atoms with Crippen LogP contribution in [-0.4, -0.2) is 10.9 Å². The molecule has 0 saturated carbocycles. The second-order valence-electron chi connectivity index (χ2n) is 4.17. The highest BCUT2D eigenvalue weighted by Gasteiger charge is 2.15. The van der Waals surface area contributed by atoms with Gasteiger partial charge in [0, 0.05) is 5.69 Å². The second-order valence-corrected chi connectivity index (χ2v) is 5.20. The lowest BCUT2D eigenvalue weighted by Crippen LogP contribution is -2.12. The number of thiazole rings is 1. The Morgan fingerprint density at radius 3 is 2.67 bits per heavy atom. The summed E-state index contributed by atoms with van der Waals surface area (Å²) in [5.74, 6) is -0.157. The fourth-order valence-corrected chi connectivity index (χ4v) is 2.42. The number of hydrogen-bond donors (Lipinski definition) is 2. The van der Waals surface area contributed by atoms with Gasteiger partial charge < -0.3 is 11.1 Å². The number of aromatic nitrogens is 1. The number of nitrogens with zero attached hydrogens (tertiary/aromatic N) is 1. The van der Waals surface area contributed by atoms with Crippen molar-refractivity contribution in [3.63, 3.8) is 0 Å². The number of anilines is 2. The predicted octanol–water partition coefficient (Wildman–Crippen LogP) is 2.90. The smallest absolute Gasteiger partial charge is 0.267 e. The molecule has 2 aromatic rings. The summed E-state index contributed by atoms with van der Waals surface area (Å²) in [6.45, 7) is 5.78. The molecular weight excluding hydrogens is 246 g/mol. The lowest BCUT2D eigenvalue weighted by Gasteiger charge is -2.09. The monoisotopic (exact) mass is 261 g/mol. The van der Waals surface area contributed by atoms with Crippen molar-refractivity contribution >= 4 is 28.1 Å². The minimum Gasteiger partial charge on any atom is -0.375 e. The average Bonchev–Trinajstić information content (AvgIpc) is 2.64. The van der Waals surface area contributed by atoms with Gasteiger partial charge in [0.2, 0.25) is 0 Å². The molecule has 3 N–H and O–H groups in total. The van der Waals surface area contributed by atoms with Crippen molar-refractivity contribution in [3.8, 4) is 0 Å². The van der Waals surface area contributed by atoms with E-state index in [9.17, 15) is 4.79 Å². The molecule has 0 aliphatic carbocycles. The molecule has 5 heteroatoms. The molecular formula is C13H15N3OS. The van der Waals surface area contributed by atoms with Gasteiger partial charge in [-0.15, -0.1) is 0 Å². The van der Waals surface area contributed by atoms with Crippen molar-refractivity contribution in [2.24, 2.45) is 0 Å². The molecule has 1 aromatic carbocycles. The molecule has 0 bridgehead atoms. The number of benzene rings is 1. The van der Waals surface area contributed by atoms with Gasteiger partial charge in [0.15, 0.2) is 5.13 Å². The van der Waals surface area contributed by atoms with Crippen molar-refractivity contribution in [1.82, 2.24) is 4.98 Å². The third-order valence-electron chi connectivity index (χ3n) is 2.87. The van der Waals surface area contributed by atoms with Crippen molar-refractivity contribution in [1.29, 1.82) is 0 Å². The van der Waals surface area contributed by atoms with Gasteiger partial charge in [-0.2, -0.15) is 0 Å². The van der Waals surface area contributed by atoms with E-state index in [0.717, 1.165) is 16.8 Å². The van der Waals surface area contributed by atoms with Crippen LogP contribution in [0.25, 0.3) is 0 Å². The number of amides is 1. The van der Waals surface area contributed by atoms with Gasteiger partial charge in [-0.3, -0.25) is 4.79 Å². The molecule has 1 amide bonds. The summed E-state index contributed by atoms with van der Waals surface area (Å²) >= 11 is 1.21. The highest BCUT2D eigenvalue weighted by atomic mass is 32.1. The van der Waals surface area contributed by atoms with Crippen molar-refractivity contribution in [2.75, 3.05) is 11.1 Å². The summed E-state index contributed by atoms with van der Waals surface area (Å²) in [6, 6.07) is 5.83. The maximum absolute atomic E-state index is 12.1. The predicted molar refractivity (Wildman–Crippen MR) is 75.1 cm³/mol. The summed E-state index contributed by atoms with van der Waals surface area (Å²) in [4.78, 5) is 16.7. The largest absolute Gasteiger partial charge is 0.375 e. The molecule has 0 unspecified atom stereocenters. The number of hydrogen-bond acceptors (Lipinski definition) is 4. The first-order valence-electron chi connectivity index (χ1n) is 5.59. The molecule has 0 aliphatic rings. The Bertz CT molecular complexity index is 604. The quantitative estimate of drug-likeness (QED) is 0.873. The Labute approximate surface area is 110 Å². The first-order chi connectivity index (χ1) is 8.49. The van der Waals surface area contributed by atoms with Gasteiger partial charge in [-0.25, -0.2) is 4.98 Å². The normalized spacial score (nSPS) is 10.4. The number of nitrogens with two attached hydrogens (primary N) is 1. The van der Waals surface area contributed by atoms with Crippen LogP contribution in [0.3, 0.4) is 0 Å². The zero-order valence-corrected chi connectivity index (χ0v) is 11.4. The van der Waals surface area contributed by atoms with Crippen molar-refractivity contribution < 1.29 is 4.79 Å².